The fraction of sp³-hybridized carbons (Fsp3) is 0.517. The maximum absolute atomic E-state index is 13.5. The normalized spacial score (nSPS) is 12.9. The van der Waals surface area contributed by atoms with Crippen molar-refractivity contribution in [2.24, 2.45) is 10.2 Å². The smallest absolute Gasteiger partial charge is 0.334 e. The van der Waals surface area contributed by atoms with Gasteiger partial charge < -0.3 is 14.9 Å². The number of azo groups is 1. The van der Waals surface area contributed by atoms with E-state index in [4.69, 9.17) is 0 Å². The first-order chi connectivity index (χ1) is 20.5. The standard InChI is InChI=1S/C29H39N7O7/c1-7-18(8-2)36-25(39)19-14-13-15-20(23(19)26(36)40)30-31-24-27(41)34(16-21(37)32(9-3)10-4)29(43)35(28(24)42)17-22(38)33(11-5)12-6/h13-15,18,41H,7-12,16-17H2,1-6H3. The minimum absolute atomic E-state index is 0.00436. The molecular weight excluding hydrogens is 558 g/mol. The Hall–Kier alpha value is -4.62. The van der Waals surface area contributed by atoms with Crippen molar-refractivity contribution in [3.05, 3.63) is 50.2 Å². The predicted molar refractivity (Wildman–Crippen MR) is 158 cm³/mol. The number of nitrogens with zero attached hydrogens (tertiary/aromatic N) is 7. The van der Waals surface area contributed by atoms with Gasteiger partial charge in [-0.05, 0) is 52.7 Å². The number of hydrogen-bond acceptors (Lipinski definition) is 9. The van der Waals surface area contributed by atoms with Gasteiger partial charge in [0.15, 0.2) is 0 Å². The summed E-state index contributed by atoms with van der Waals surface area (Å²) in [5, 5.41) is 19.0. The largest absolute Gasteiger partial charge is 0.493 e. The molecule has 1 aliphatic heterocycles. The van der Waals surface area contributed by atoms with Crippen LogP contribution in [0, 0.1) is 0 Å². The lowest BCUT2D eigenvalue weighted by Crippen LogP contribution is -2.46. The molecule has 1 aromatic heterocycles. The molecule has 1 aromatic carbocycles. The van der Waals surface area contributed by atoms with Crippen LogP contribution in [0.5, 0.6) is 5.88 Å². The monoisotopic (exact) mass is 597 g/mol. The first kappa shape index (κ1) is 32.9. The number of amides is 4. The summed E-state index contributed by atoms with van der Waals surface area (Å²) >= 11 is 0. The number of carbonyl (C=O) groups excluding carboxylic acids is 4. The number of fused-ring (bicyclic) bond motifs is 1. The van der Waals surface area contributed by atoms with Crippen molar-refractivity contribution < 1.29 is 24.3 Å². The van der Waals surface area contributed by atoms with E-state index >= 15 is 0 Å². The van der Waals surface area contributed by atoms with E-state index in [9.17, 15) is 33.9 Å². The number of carbonyl (C=O) groups is 4. The number of benzene rings is 1. The molecule has 0 bridgehead atoms. The fourth-order valence-electron chi connectivity index (χ4n) is 5.13. The molecule has 1 N–H and O–H groups in total. The van der Waals surface area contributed by atoms with Crippen molar-refractivity contribution in [3.8, 4) is 5.88 Å². The van der Waals surface area contributed by atoms with Crippen molar-refractivity contribution in [1.29, 1.82) is 0 Å². The van der Waals surface area contributed by atoms with E-state index in [1.165, 1.54) is 32.9 Å². The van der Waals surface area contributed by atoms with E-state index in [1.54, 1.807) is 27.7 Å². The highest BCUT2D eigenvalue weighted by Gasteiger charge is 2.40. The van der Waals surface area contributed by atoms with Crippen LogP contribution in [-0.2, 0) is 22.7 Å². The summed E-state index contributed by atoms with van der Waals surface area (Å²) in [7, 11) is 0. The van der Waals surface area contributed by atoms with Gasteiger partial charge in [0.25, 0.3) is 17.4 Å². The highest BCUT2D eigenvalue weighted by molar-refractivity contribution is 6.23. The average molecular weight is 598 g/mol. The minimum Gasteiger partial charge on any atom is -0.493 e. The zero-order valence-corrected chi connectivity index (χ0v) is 25.5. The summed E-state index contributed by atoms with van der Waals surface area (Å²) in [6.45, 7) is 10.8. The van der Waals surface area contributed by atoms with Crippen LogP contribution in [0.2, 0.25) is 0 Å². The van der Waals surface area contributed by atoms with Gasteiger partial charge in [-0.3, -0.25) is 33.4 Å². The molecule has 4 amide bonds. The Balaban J connectivity index is 2.18. The number of likely N-dealkylation sites (N-methyl/N-ethyl adjacent to an activating group) is 2. The van der Waals surface area contributed by atoms with E-state index in [2.05, 4.69) is 10.2 Å². The molecular formula is C29H39N7O7. The van der Waals surface area contributed by atoms with Crippen LogP contribution < -0.4 is 11.2 Å². The van der Waals surface area contributed by atoms with Gasteiger partial charge in [0.2, 0.25) is 23.4 Å². The topological polar surface area (TPSA) is 167 Å². The SMILES string of the molecule is CCC(CC)N1C(=O)c2cccc(N=Nc3c(O)n(CC(=O)N(CC)CC)c(=O)n(CC(=O)N(CC)CC)c3=O)c2C1=O. The third-order valence-electron chi connectivity index (χ3n) is 7.69. The first-order valence-corrected chi connectivity index (χ1v) is 14.6. The molecule has 0 unspecified atom stereocenters. The second-order valence-electron chi connectivity index (χ2n) is 9.91. The highest BCUT2D eigenvalue weighted by atomic mass is 16.3. The number of aromatic hydroxyl groups is 1. The Morgan fingerprint density at radius 3 is 1.84 bits per heavy atom. The minimum atomic E-state index is -1.10. The fourth-order valence-corrected chi connectivity index (χ4v) is 5.13. The average Bonchev–Trinajstić information content (AvgIpc) is 3.25. The molecule has 3 rings (SSSR count). The Morgan fingerprint density at radius 2 is 1.33 bits per heavy atom. The van der Waals surface area contributed by atoms with Crippen molar-refractivity contribution in [1.82, 2.24) is 23.8 Å². The van der Waals surface area contributed by atoms with E-state index in [0.29, 0.717) is 48.2 Å². The molecule has 1 aliphatic rings. The summed E-state index contributed by atoms with van der Waals surface area (Å²) in [5.74, 6) is -2.96. The molecule has 0 aliphatic carbocycles. The summed E-state index contributed by atoms with van der Waals surface area (Å²) in [6.07, 6.45) is 1.12. The number of hydrogen-bond donors (Lipinski definition) is 1. The van der Waals surface area contributed by atoms with Gasteiger partial charge >= 0.3 is 5.69 Å². The molecule has 0 fully saturated rings. The second kappa shape index (κ2) is 14.0. The molecule has 2 aromatic rings. The molecule has 0 saturated heterocycles. The van der Waals surface area contributed by atoms with Crippen LogP contribution in [0.1, 0.15) is 75.1 Å². The molecule has 0 radical (unpaired) electrons. The number of rotatable bonds is 13. The maximum Gasteiger partial charge on any atom is 0.334 e. The van der Waals surface area contributed by atoms with E-state index < -0.39 is 59.5 Å². The molecule has 14 nitrogen and oxygen atoms in total. The van der Waals surface area contributed by atoms with Gasteiger partial charge in [0.05, 0.1) is 16.8 Å². The van der Waals surface area contributed by atoms with Crippen LogP contribution >= 0.6 is 0 Å². The summed E-state index contributed by atoms with van der Waals surface area (Å²) in [6, 6.07) is 4.13. The second-order valence-corrected chi connectivity index (χ2v) is 9.91. The Morgan fingerprint density at radius 1 is 0.791 bits per heavy atom. The van der Waals surface area contributed by atoms with Gasteiger partial charge in [-0.15, -0.1) is 10.2 Å². The van der Waals surface area contributed by atoms with Crippen molar-refractivity contribution >= 4 is 35.0 Å². The lowest BCUT2D eigenvalue weighted by Gasteiger charge is -2.23. The molecule has 232 valence electrons. The molecule has 2 heterocycles. The van der Waals surface area contributed by atoms with Crippen molar-refractivity contribution in [3.63, 3.8) is 0 Å². The number of aromatic nitrogens is 2. The van der Waals surface area contributed by atoms with Gasteiger partial charge in [0, 0.05) is 32.2 Å². The third-order valence-corrected chi connectivity index (χ3v) is 7.69. The van der Waals surface area contributed by atoms with Gasteiger partial charge in [-0.2, -0.15) is 0 Å². The van der Waals surface area contributed by atoms with Crippen molar-refractivity contribution in [2.75, 3.05) is 26.2 Å². The highest BCUT2D eigenvalue weighted by Crippen LogP contribution is 2.34. The Labute approximate surface area is 249 Å². The lowest BCUT2D eigenvalue weighted by atomic mass is 10.1. The molecule has 0 spiro atoms. The Bertz CT molecular complexity index is 1550. The molecule has 0 saturated carbocycles. The summed E-state index contributed by atoms with van der Waals surface area (Å²) in [5.41, 5.74) is -2.76. The zero-order valence-electron chi connectivity index (χ0n) is 25.5. The van der Waals surface area contributed by atoms with Gasteiger partial charge in [-0.1, -0.05) is 19.9 Å². The quantitative estimate of drug-likeness (QED) is 0.274. The third kappa shape index (κ3) is 6.27. The van der Waals surface area contributed by atoms with Gasteiger partial charge in [0.1, 0.15) is 13.1 Å². The van der Waals surface area contributed by atoms with Gasteiger partial charge in [-0.25, -0.2) is 9.36 Å². The van der Waals surface area contributed by atoms with E-state index in [1.807, 2.05) is 13.8 Å². The van der Waals surface area contributed by atoms with E-state index in [0.717, 1.165) is 0 Å². The predicted octanol–water partition coefficient (Wildman–Crippen LogP) is 2.65. The summed E-state index contributed by atoms with van der Waals surface area (Å²) in [4.78, 5) is 83.0. The van der Waals surface area contributed by atoms with Crippen LogP contribution in [0.4, 0.5) is 11.4 Å². The molecule has 14 heteroatoms. The van der Waals surface area contributed by atoms with Crippen LogP contribution in [0.25, 0.3) is 0 Å². The molecule has 0 atom stereocenters. The van der Waals surface area contributed by atoms with Crippen LogP contribution in [0.15, 0.2) is 38.0 Å². The van der Waals surface area contributed by atoms with E-state index in [-0.39, 0.29) is 22.9 Å². The first-order valence-electron chi connectivity index (χ1n) is 14.6. The summed E-state index contributed by atoms with van der Waals surface area (Å²) < 4.78 is 1.27. The maximum atomic E-state index is 13.5. The van der Waals surface area contributed by atoms with Crippen molar-refractivity contribution in [2.45, 2.75) is 73.5 Å². The Kier molecular flexibility index (Phi) is 10.7. The van der Waals surface area contributed by atoms with Crippen LogP contribution in [-0.4, -0.2) is 84.8 Å². The number of imide groups is 1. The zero-order chi connectivity index (χ0) is 32.0. The molecule has 43 heavy (non-hydrogen) atoms. The lowest BCUT2D eigenvalue weighted by molar-refractivity contribution is -0.131. The van der Waals surface area contributed by atoms with Crippen LogP contribution in [0.3, 0.4) is 0 Å².